The van der Waals surface area contributed by atoms with E-state index in [1.807, 2.05) is 18.3 Å². The molecule has 0 atom stereocenters. The Morgan fingerprint density at radius 2 is 2.36 bits per heavy atom. The molecule has 2 aromatic rings. The molecule has 0 amide bonds. The van der Waals surface area contributed by atoms with Gasteiger partial charge in [-0.2, -0.15) is 11.2 Å². The third-order valence-corrected chi connectivity index (χ3v) is 1.91. The average molecular weight is 261 g/mol. The molecule has 0 spiro atoms. The van der Waals surface area contributed by atoms with Gasteiger partial charge in [-0.05, 0) is 11.8 Å². The maximum atomic E-state index is 4.29. The number of hydrogen-bond acceptors (Lipinski definition) is 2. The predicted molar refractivity (Wildman–Crippen MR) is 50.0 cm³/mol. The maximum Gasteiger partial charge on any atom is 0.0482 e. The first-order valence-corrected chi connectivity index (χ1v) is 4.26. The molecular weight excluding hydrogens is 251 g/mol. The first kappa shape index (κ1) is 11.5. The van der Waals surface area contributed by atoms with Gasteiger partial charge in [0.1, 0.15) is 0 Å². The van der Waals surface area contributed by atoms with E-state index in [0.29, 0.717) is 0 Å². The first-order chi connectivity index (χ1) is 6.40. The summed E-state index contributed by atoms with van der Waals surface area (Å²) in [5, 5.41) is 6.72. The molecule has 69 valence electrons. The molecule has 0 aromatic carbocycles. The van der Waals surface area contributed by atoms with Crippen LogP contribution in [-0.2, 0) is 39.1 Å². The van der Waals surface area contributed by atoms with Crippen LogP contribution < -0.4 is 0 Å². The zero-order valence-electron chi connectivity index (χ0n) is 7.99. The summed E-state index contributed by atoms with van der Waals surface area (Å²) >= 11 is 0. The van der Waals surface area contributed by atoms with Crippen molar-refractivity contribution in [2.24, 2.45) is 0 Å². The van der Waals surface area contributed by atoms with Gasteiger partial charge < -0.3 is 4.98 Å². The molecule has 4 heteroatoms. The van der Waals surface area contributed by atoms with Gasteiger partial charge in [-0.15, -0.1) is 11.6 Å². The van der Waals surface area contributed by atoms with E-state index in [1.54, 1.807) is 6.20 Å². The molecule has 1 N–H and O–H groups in total. The van der Waals surface area contributed by atoms with Gasteiger partial charge in [0.05, 0.1) is 0 Å². The van der Waals surface area contributed by atoms with E-state index in [-0.39, 0.29) is 32.7 Å². The number of aromatic amines is 1. The molecule has 0 aliphatic carbocycles. The molecule has 0 saturated heterocycles. The molecule has 0 aliphatic heterocycles. The van der Waals surface area contributed by atoms with E-state index in [2.05, 4.69) is 28.2 Å². The monoisotopic (exact) mass is 261 g/mol. The maximum absolute atomic E-state index is 4.29. The zero-order valence-corrected chi connectivity index (χ0v) is 10.8. The van der Waals surface area contributed by atoms with Crippen molar-refractivity contribution in [3.8, 4) is 11.4 Å². The van der Waals surface area contributed by atoms with Gasteiger partial charge in [0.25, 0.3) is 0 Å². The third-order valence-electron chi connectivity index (χ3n) is 1.91. The van der Waals surface area contributed by atoms with E-state index < -0.39 is 0 Å². The van der Waals surface area contributed by atoms with Crippen LogP contribution in [0.3, 0.4) is 0 Å². The molecule has 0 fully saturated rings. The molecule has 14 heavy (non-hydrogen) atoms. The molecule has 0 bridgehead atoms. The van der Waals surface area contributed by atoms with Crippen molar-refractivity contribution in [2.75, 3.05) is 0 Å². The summed E-state index contributed by atoms with van der Waals surface area (Å²) in [6.07, 6.45) is 4.52. The number of pyridine rings is 1. The summed E-state index contributed by atoms with van der Waals surface area (Å²) in [5.74, 6) is 0. The summed E-state index contributed by atoms with van der Waals surface area (Å²) in [6.45, 7) is 2.09. The Morgan fingerprint density at radius 3 is 2.86 bits per heavy atom. The van der Waals surface area contributed by atoms with Crippen LogP contribution in [-0.4, -0.2) is 15.2 Å². The van der Waals surface area contributed by atoms with Crippen LogP contribution in [0.15, 0.2) is 24.5 Å². The molecule has 0 unspecified atom stereocenters. The van der Waals surface area contributed by atoms with Crippen molar-refractivity contribution < 1.29 is 32.7 Å². The second-order valence-corrected chi connectivity index (χ2v) is 2.78. The van der Waals surface area contributed by atoms with Crippen molar-refractivity contribution in [3.05, 3.63) is 36.2 Å². The summed E-state index contributed by atoms with van der Waals surface area (Å²) in [5.41, 5.74) is 2.94. The predicted octanol–water partition coefficient (Wildman–Crippen LogP) is 1.83. The summed E-state index contributed by atoms with van der Waals surface area (Å²) < 4.78 is 0. The van der Waals surface area contributed by atoms with Gasteiger partial charge in [0, 0.05) is 44.6 Å². The number of rotatable bonds is 2. The Balaban J connectivity index is 0.000000980. The van der Waals surface area contributed by atoms with Gasteiger partial charge in [0.15, 0.2) is 0 Å². The minimum Gasteiger partial charge on any atom is -0.381 e. The first-order valence-electron chi connectivity index (χ1n) is 4.26. The molecular formula is C10H10N3Y-. The fourth-order valence-corrected chi connectivity index (χ4v) is 1.12. The third kappa shape index (κ3) is 2.49. The van der Waals surface area contributed by atoms with E-state index >= 15 is 0 Å². The largest absolute Gasteiger partial charge is 0.381 e. The van der Waals surface area contributed by atoms with Crippen LogP contribution in [0, 0.1) is 6.07 Å². The number of hydrogen-bond donors (Lipinski definition) is 1. The topological polar surface area (TPSA) is 41.6 Å². The van der Waals surface area contributed by atoms with Crippen LogP contribution in [0.5, 0.6) is 0 Å². The van der Waals surface area contributed by atoms with Crippen molar-refractivity contribution in [2.45, 2.75) is 13.3 Å². The SMILES string of the molecule is CCc1[c-]cc(-c2ccn[nH]2)nc1.[Y]. The second-order valence-electron chi connectivity index (χ2n) is 2.78. The number of aryl methyl sites for hydroxylation is 1. The van der Waals surface area contributed by atoms with Crippen LogP contribution in [0.25, 0.3) is 11.4 Å². The number of nitrogens with one attached hydrogen (secondary N) is 1. The number of nitrogens with zero attached hydrogens (tertiary/aromatic N) is 2. The molecule has 0 aliphatic rings. The van der Waals surface area contributed by atoms with Crippen LogP contribution >= 0.6 is 0 Å². The minimum atomic E-state index is 0. The summed E-state index contributed by atoms with van der Waals surface area (Å²) in [7, 11) is 0. The van der Waals surface area contributed by atoms with Crippen LogP contribution in [0.4, 0.5) is 0 Å². The van der Waals surface area contributed by atoms with Gasteiger partial charge in [0.2, 0.25) is 0 Å². The Bertz CT molecular complexity index is 367. The van der Waals surface area contributed by atoms with Crippen LogP contribution in [0.1, 0.15) is 12.5 Å². The van der Waals surface area contributed by atoms with Crippen molar-refractivity contribution in [3.63, 3.8) is 0 Å². The summed E-state index contributed by atoms with van der Waals surface area (Å²) in [4.78, 5) is 4.29. The van der Waals surface area contributed by atoms with Crippen molar-refractivity contribution in [1.29, 1.82) is 0 Å². The Morgan fingerprint density at radius 1 is 1.50 bits per heavy atom. The fourth-order valence-electron chi connectivity index (χ4n) is 1.12. The average Bonchev–Trinajstić information content (AvgIpc) is 2.71. The Kier molecular flexibility index (Phi) is 4.43. The van der Waals surface area contributed by atoms with E-state index in [9.17, 15) is 0 Å². The Hall–Kier alpha value is -0.536. The van der Waals surface area contributed by atoms with Crippen LogP contribution in [0.2, 0.25) is 0 Å². The normalized spacial score (nSPS) is 9.50. The van der Waals surface area contributed by atoms with E-state index in [1.165, 1.54) is 0 Å². The van der Waals surface area contributed by atoms with Gasteiger partial charge in [-0.25, -0.2) is 0 Å². The molecule has 0 saturated carbocycles. The molecule has 2 aromatic heterocycles. The number of aromatic nitrogens is 3. The Labute approximate surface area is 108 Å². The number of H-pyrrole nitrogens is 1. The fraction of sp³-hybridized carbons (Fsp3) is 0.200. The zero-order chi connectivity index (χ0) is 9.10. The standard InChI is InChI=1S/C10H10N3.Y/c1-2-8-3-4-9(11-7-8)10-5-6-12-13-10;/h4-7H,2H2,1H3,(H,12,13);/q-1;. The van der Waals surface area contributed by atoms with E-state index in [0.717, 1.165) is 23.4 Å². The molecule has 2 heterocycles. The van der Waals surface area contributed by atoms with Crippen molar-refractivity contribution in [1.82, 2.24) is 15.2 Å². The minimum absolute atomic E-state index is 0. The smallest absolute Gasteiger partial charge is 0.0482 e. The second kappa shape index (κ2) is 5.37. The molecule has 3 nitrogen and oxygen atoms in total. The quantitative estimate of drug-likeness (QED) is 0.838. The van der Waals surface area contributed by atoms with E-state index in [4.69, 9.17) is 0 Å². The van der Waals surface area contributed by atoms with Crippen molar-refractivity contribution >= 4 is 0 Å². The molecule has 1 radical (unpaired) electrons. The molecule has 2 rings (SSSR count). The van der Waals surface area contributed by atoms with Gasteiger partial charge >= 0.3 is 0 Å². The van der Waals surface area contributed by atoms with Gasteiger partial charge in [-0.3, -0.25) is 5.10 Å². The van der Waals surface area contributed by atoms with Gasteiger partial charge in [-0.1, -0.05) is 19.5 Å². The summed E-state index contributed by atoms with van der Waals surface area (Å²) in [6, 6.07) is 6.94.